The zero-order chi connectivity index (χ0) is 10.6. The van der Waals surface area contributed by atoms with Gasteiger partial charge in [-0.25, -0.2) is 0 Å². The van der Waals surface area contributed by atoms with Gasteiger partial charge in [0.2, 0.25) is 0 Å². The molecule has 0 bridgehead atoms. The highest BCUT2D eigenvalue weighted by atomic mass is 14.2. The first kappa shape index (κ1) is 11.0. The molecule has 0 fully saturated rings. The van der Waals surface area contributed by atoms with E-state index in [1.807, 2.05) is 0 Å². The van der Waals surface area contributed by atoms with Crippen molar-refractivity contribution in [2.24, 2.45) is 5.92 Å². The Morgan fingerprint density at radius 3 is 2.21 bits per heavy atom. The second-order valence-electron chi connectivity index (χ2n) is 4.44. The molecule has 1 aromatic carbocycles. The van der Waals surface area contributed by atoms with Crippen molar-refractivity contribution in [3.63, 3.8) is 0 Å². The number of allylic oxidation sites excluding steroid dienone is 1. The highest BCUT2D eigenvalue weighted by molar-refractivity contribution is 5.26. The summed E-state index contributed by atoms with van der Waals surface area (Å²) >= 11 is 0. The van der Waals surface area contributed by atoms with E-state index in [0.29, 0.717) is 5.92 Å². The summed E-state index contributed by atoms with van der Waals surface area (Å²) in [6.07, 6.45) is 1.19. The van der Waals surface area contributed by atoms with Crippen molar-refractivity contribution in [2.45, 2.75) is 33.1 Å². The molecule has 76 valence electrons. The Hall–Kier alpha value is -1.04. The average molecular weight is 188 g/mol. The Balaban J connectivity index is 2.84. The van der Waals surface area contributed by atoms with Gasteiger partial charge in [0.25, 0.3) is 0 Å². The molecule has 0 spiro atoms. The molecule has 0 saturated heterocycles. The molecule has 1 aromatic rings. The summed E-state index contributed by atoms with van der Waals surface area (Å²) in [7, 11) is 0. The summed E-state index contributed by atoms with van der Waals surface area (Å²) in [5.74, 6) is 1.24. The topological polar surface area (TPSA) is 0 Å². The molecular weight excluding hydrogens is 168 g/mol. The lowest BCUT2D eigenvalue weighted by atomic mass is 9.86. The molecule has 1 atom stereocenters. The number of hydrogen-bond donors (Lipinski definition) is 0. The molecule has 0 amide bonds. The first-order chi connectivity index (χ1) is 6.61. The van der Waals surface area contributed by atoms with E-state index in [9.17, 15) is 0 Å². The smallest absolute Gasteiger partial charge is 0.00451 e. The quantitative estimate of drug-likeness (QED) is 0.615. The second-order valence-corrected chi connectivity index (χ2v) is 4.44. The first-order valence-corrected chi connectivity index (χ1v) is 5.31. The molecule has 0 N–H and O–H groups in total. The molecule has 0 aliphatic heterocycles. The van der Waals surface area contributed by atoms with Crippen molar-refractivity contribution < 1.29 is 0 Å². The highest BCUT2D eigenvalue weighted by Gasteiger charge is 2.13. The first-order valence-electron chi connectivity index (χ1n) is 5.31. The third kappa shape index (κ3) is 3.02. The van der Waals surface area contributed by atoms with Gasteiger partial charge in [-0.3, -0.25) is 0 Å². The van der Waals surface area contributed by atoms with E-state index in [1.165, 1.54) is 17.6 Å². The molecule has 0 heterocycles. The van der Waals surface area contributed by atoms with Gasteiger partial charge >= 0.3 is 0 Å². The molecule has 0 nitrogen and oxygen atoms in total. The van der Waals surface area contributed by atoms with E-state index in [1.54, 1.807) is 0 Å². The van der Waals surface area contributed by atoms with E-state index in [0.717, 1.165) is 5.92 Å². The standard InChI is InChI=1S/C14H20/c1-11(2)10-14(12(3)4)13-8-6-5-7-9-13/h5-9,11,14H,3,10H2,1-2,4H3. The van der Waals surface area contributed by atoms with Crippen LogP contribution in [0.5, 0.6) is 0 Å². The van der Waals surface area contributed by atoms with Gasteiger partial charge in [-0.05, 0) is 24.8 Å². The van der Waals surface area contributed by atoms with E-state index in [2.05, 4.69) is 57.7 Å². The lowest BCUT2D eigenvalue weighted by Gasteiger charge is -2.19. The van der Waals surface area contributed by atoms with Crippen molar-refractivity contribution >= 4 is 0 Å². The number of hydrogen-bond acceptors (Lipinski definition) is 0. The molecule has 0 heteroatoms. The fourth-order valence-electron chi connectivity index (χ4n) is 1.78. The summed E-state index contributed by atoms with van der Waals surface area (Å²) in [6, 6.07) is 10.7. The Morgan fingerprint density at radius 2 is 1.79 bits per heavy atom. The largest absolute Gasteiger partial charge is 0.0995 e. The van der Waals surface area contributed by atoms with Crippen LogP contribution in [0.1, 0.15) is 38.7 Å². The Bertz CT molecular complexity index is 282. The van der Waals surface area contributed by atoms with Gasteiger partial charge in [0.15, 0.2) is 0 Å². The summed E-state index contributed by atoms with van der Waals surface area (Å²) in [5, 5.41) is 0. The fraction of sp³-hybridized carbons (Fsp3) is 0.429. The second kappa shape index (κ2) is 4.99. The van der Waals surface area contributed by atoms with E-state index >= 15 is 0 Å². The predicted molar refractivity (Wildman–Crippen MR) is 63.5 cm³/mol. The van der Waals surface area contributed by atoms with Crippen LogP contribution < -0.4 is 0 Å². The van der Waals surface area contributed by atoms with Gasteiger partial charge in [-0.1, -0.05) is 56.3 Å². The molecule has 0 aliphatic carbocycles. The summed E-state index contributed by atoms with van der Waals surface area (Å²) < 4.78 is 0. The van der Waals surface area contributed by atoms with Crippen LogP contribution in [0, 0.1) is 5.92 Å². The Kier molecular flexibility index (Phi) is 3.94. The minimum Gasteiger partial charge on any atom is -0.0995 e. The van der Waals surface area contributed by atoms with Crippen LogP contribution in [0.3, 0.4) is 0 Å². The third-order valence-electron chi connectivity index (χ3n) is 2.50. The summed E-state index contributed by atoms with van der Waals surface area (Å²) in [6.45, 7) is 10.7. The predicted octanol–water partition coefficient (Wildman–Crippen LogP) is 4.39. The van der Waals surface area contributed by atoms with Crippen LogP contribution in [0.25, 0.3) is 0 Å². The van der Waals surface area contributed by atoms with Crippen molar-refractivity contribution in [1.82, 2.24) is 0 Å². The van der Waals surface area contributed by atoms with Crippen molar-refractivity contribution in [3.05, 3.63) is 48.0 Å². The highest BCUT2D eigenvalue weighted by Crippen LogP contribution is 2.29. The van der Waals surface area contributed by atoms with Gasteiger partial charge in [0.1, 0.15) is 0 Å². The number of benzene rings is 1. The van der Waals surface area contributed by atoms with Gasteiger partial charge < -0.3 is 0 Å². The van der Waals surface area contributed by atoms with Gasteiger partial charge in [-0.15, -0.1) is 0 Å². The molecular formula is C14H20. The maximum absolute atomic E-state index is 4.08. The van der Waals surface area contributed by atoms with Crippen LogP contribution in [-0.4, -0.2) is 0 Å². The van der Waals surface area contributed by atoms with Crippen molar-refractivity contribution in [2.75, 3.05) is 0 Å². The molecule has 1 rings (SSSR count). The molecule has 1 unspecified atom stereocenters. The molecule has 14 heavy (non-hydrogen) atoms. The normalized spacial score (nSPS) is 12.9. The Labute approximate surface area is 87.7 Å². The minimum absolute atomic E-state index is 0.524. The van der Waals surface area contributed by atoms with Crippen LogP contribution in [0.2, 0.25) is 0 Å². The van der Waals surface area contributed by atoms with Gasteiger partial charge in [0.05, 0.1) is 0 Å². The van der Waals surface area contributed by atoms with Gasteiger partial charge in [-0.2, -0.15) is 0 Å². The monoisotopic (exact) mass is 188 g/mol. The lowest BCUT2D eigenvalue weighted by Crippen LogP contribution is -2.03. The van der Waals surface area contributed by atoms with Gasteiger partial charge in [0, 0.05) is 5.92 Å². The zero-order valence-corrected chi connectivity index (χ0v) is 9.46. The van der Waals surface area contributed by atoms with E-state index in [-0.39, 0.29) is 0 Å². The molecule has 0 aliphatic rings. The SMILES string of the molecule is C=C(C)C(CC(C)C)c1ccccc1. The van der Waals surface area contributed by atoms with E-state index < -0.39 is 0 Å². The lowest BCUT2D eigenvalue weighted by molar-refractivity contribution is 0.537. The van der Waals surface area contributed by atoms with Crippen LogP contribution in [0.4, 0.5) is 0 Å². The summed E-state index contributed by atoms with van der Waals surface area (Å²) in [5.41, 5.74) is 2.67. The fourth-order valence-corrected chi connectivity index (χ4v) is 1.78. The maximum Gasteiger partial charge on any atom is 0.00451 e. The molecule has 0 aromatic heterocycles. The maximum atomic E-state index is 4.08. The average Bonchev–Trinajstić information content (AvgIpc) is 2.15. The van der Waals surface area contributed by atoms with Crippen LogP contribution >= 0.6 is 0 Å². The van der Waals surface area contributed by atoms with Crippen LogP contribution in [-0.2, 0) is 0 Å². The summed E-state index contributed by atoms with van der Waals surface area (Å²) in [4.78, 5) is 0. The van der Waals surface area contributed by atoms with E-state index in [4.69, 9.17) is 0 Å². The minimum atomic E-state index is 0.524. The Morgan fingerprint density at radius 1 is 1.21 bits per heavy atom. The molecule has 0 saturated carbocycles. The van der Waals surface area contributed by atoms with Crippen LogP contribution in [0.15, 0.2) is 42.5 Å². The molecule has 0 radical (unpaired) electrons. The van der Waals surface area contributed by atoms with Crippen molar-refractivity contribution in [3.8, 4) is 0 Å². The third-order valence-corrected chi connectivity index (χ3v) is 2.50. The zero-order valence-electron chi connectivity index (χ0n) is 9.46. The van der Waals surface area contributed by atoms with Crippen molar-refractivity contribution in [1.29, 1.82) is 0 Å². The number of rotatable bonds is 4.